The molecule has 1 amide bonds. The van der Waals surface area contributed by atoms with Gasteiger partial charge in [-0.3, -0.25) is 14.3 Å². The second-order valence-electron chi connectivity index (χ2n) is 7.10. The first-order chi connectivity index (χ1) is 12.0. The second kappa shape index (κ2) is 8.27. The molecule has 1 atom stereocenters. The Morgan fingerprint density at radius 2 is 2.20 bits per heavy atom. The first-order valence-corrected chi connectivity index (χ1v) is 9.08. The van der Waals surface area contributed by atoms with Crippen LogP contribution in [0.3, 0.4) is 0 Å². The van der Waals surface area contributed by atoms with Gasteiger partial charge in [-0.25, -0.2) is 0 Å². The summed E-state index contributed by atoms with van der Waals surface area (Å²) in [7, 11) is 3.84. The van der Waals surface area contributed by atoms with Gasteiger partial charge in [0.15, 0.2) is 0 Å². The maximum absolute atomic E-state index is 12.5. The Balaban J connectivity index is 1.53. The van der Waals surface area contributed by atoms with Crippen molar-refractivity contribution >= 4 is 5.91 Å². The van der Waals surface area contributed by atoms with Gasteiger partial charge in [-0.2, -0.15) is 10.2 Å². The largest absolute Gasteiger partial charge is 0.385 e. The third-order valence-electron chi connectivity index (χ3n) is 4.70. The molecule has 0 unspecified atom stereocenters. The number of likely N-dealkylation sites (N-methyl/N-ethyl adjacent to an activating group) is 1. The maximum Gasteiger partial charge on any atom is 0.224 e. The van der Waals surface area contributed by atoms with Crippen LogP contribution in [0, 0.1) is 0 Å². The van der Waals surface area contributed by atoms with E-state index in [1.165, 1.54) is 0 Å². The van der Waals surface area contributed by atoms with Crippen LogP contribution >= 0.6 is 0 Å². The van der Waals surface area contributed by atoms with Crippen LogP contribution in [-0.2, 0) is 22.7 Å². The molecule has 2 aliphatic heterocycles. The number of nitrogens with zero attached hydrogens (tertiary/aromatic N) is 5. The van der Waals surface area contributed by atoms with Gasteiger partial charge >= 0.3 is 0 Å². The van der Waals surface area contributed by atoms with E-state index in [-0.39, 0.29) is 5.91 Å². The van der Waals surface area contributed by atoms with Gasteiger partial charge < -0.3 is 14.9 Å². The molecule has 1 fully saturated rings. The van der Waals surface area contributed by atoms with Crippen LogP contribution in [0.4, 0.5) is 0 Å². The number of hydroxylamine groups is 2. The maximum atomic E-state index is 12.5. The second-order valence-corrected chi connectivity index (χ2v) is 7.10. The molecular weight excluding hydrogens is 322 g/mol. The molecule has 1 N–H and O–H groups in total. The summed E-state index contributed by atoms with van der Waals surface area (Å²) in [5.41, 5.74) is 1.67. The lowest BCUT2D eigenvalue weighted by atomic mass is 10.2. The number of aliphatic hydroxyl groups excluding tert-OH is 1. The fourth-order valence-corrected chi connectivity index (χ4v) is 3.31. The number of aromatic nitrogens is 2. The zero-order valence-corrected chi connectivity index (χ0v) is 15.2. The van der Waals surface area contributed by atoms with E-state index in [4.69, 9.17) is 4.84 Å². The Kier molecular flexibility index (Phi) is 6.06. The molecule has 0 bridgehead atoms. The van der Waals surface area contributed by atoms with E-state index in [1.54, 1.807) is 0 Å². The molecule has 3 heterocycles. The molecule has 2 aliphatic rings. The Labute approximate surface area is 148 Å². The van der Waals surface area contributed by atoms with Gasteiger partial charge in [-0.05, 0) is 33.0 Å². The number of amides is 1. The fourth-order valence-electron chi connectivity index (χ4n) is 3.31. The van der Waals surface area contributed by atoms with Crippen molar-refractivity contribution in [2.45, 2.75) is 38.5 Å². The van der Waals surface area contributed by atoms with E-state index in [0.29, 0.717) is 44.8 Å². The van der Waals surface area contributed by atoms with Crippen LogP contribution in [0.1, 0.15) is 36.8 Å². The number of hydrogen-bond acceptors (Lipinski definition) is 6. The number of hydrogen-bond donors (Lipinski definition) is 1. The zero-order chi connectivity index (χ0) is 17.8. The van der Waals surface area contributed by atoms with E-state index >= 15 is 0 Å². The smallest absolute Gasteiger partial charge is 0.224 e. The Morgan fingerprint density at radius 1 is 1.36 bits per heavy atom. The lowest BCUT2D eigenvalue weighted by molar-refractivity contribution is -0.182. The molecule has 1 saturated heterocycles. The topological polar surface area (TPSA) is 74.1 Å². The standard InChI is InChI=1S/C17H29N5O3/c1-19(2)13-16(23)15-11-14-12-20(8-9-22(14)18-15)17(24)5-7-21-6-3-4-10-25-21/h11,16,23H,3-10,12-13H2,1-2H3/t16-/m1/s1. The van der Waals surface area contributed by atoms with Crippen LogP contribution in [-0.4, -0.2) is 82.5 Å². The van der Waals surface area contributed by atoms with Crippen LogP contribution in [0.2, 0.25) is 0 Å². The highest BCUT2D eigenvalue weighted by Crippen LogP contribution is 2.19. The summed E-state index contributed by atoms with van der Waals surface area (Å²) in [5, 5.41) is 16.6. The van der Waals surface area contributed by atoms with Crippen molar-refractivity contribution in [3.63, 3.8) is 0 Å². The van der Waals surface area contributed by atoms with E-state index in [9.17, 15) is 9.90 Å². The molecular formula is C17H29N5O3. The molecule has 0 saturated carbocycles. The summed E-state index contributed by atoms with van der Waals surface area (Å²) in [6.45, 7) is 4.76. The average Bonchev–Trinajstić information content (AvgIpc) is 3.03. The third kappa shape index (κ3) is 4.78. The number of fused-ring (bicyclic) bond motifs is 1. The highest BCUT2D eigenvalue weighted by atomic mass is 16.7. The van der Waals surface area contributed by atoms with Gasteiger partial charge in [0.1, 0.15) is 6.10 Å². The van der Waals surface area contributed by atoms with Crippen molar-refractivity contribution in [2.75, 3.05) is 46.9 Å². The van der Waals surface area contributed by atoms with Gasteiger partial charge in [0, 0.05) is 32.6 Å². The molecule has 1 aromatic rings. The molecule has 1 aromatic heterocycles. The van der Waals surface area contributed by atoms with Crippen molar-refractivity contribution in [2.24, 2.45) is 0 Å². The predicted molar refractivity (Wildman–Crippen MR) is 92.5 cm³/mol. The minimum atomic E-state index is -0.603. The van der Waals surface area contributed by atoms with E-state index in [0.717, 1.165) is 31.7 Å². The minimum absolute atomic E-state index is 0.150. The summed E-state index contributed by atoms with van der Waals surface area (Å²) < 4.78 is 1.91. The van der Waals surface area contributed by atoms with Crippen molar-refractivity contribution in [1.82, 2.24) is 24.6 Å². The summed E-state index contributed by atoms with van der Waals surface area (Å²) in [5.74, 6) is 0.150. The number of aliphatic hydroxyl groups is 1. The monoisotopic (exact) mass is 351 g/mol. The van der Waals surface area contributed by atoms with E-state index in [1.807, 2.05) is 39.7 Å². The molecule has 8 heteroatoms. The number of carbonyl (C=O) groups excluding carboxylic acids is 1. The summed E-state index contributed by atoms with van der Waals surface area (Å²) in [6, 6.07) is 1.92. The third-order valence-corrected chi connectivity index (χ3v) is 4.70. The number of carbonyl (C=O) groups is 1. The first-order valence-electron chi connectivity index (χ1n) is 9.08. The molecule has 0 aliphatic carbocycles. The Hall–Kier alpha value is -1.48. The van der Waals surface area contributed by atoms with Crippen molar-refractivity contribution in [1.29, 1.82) is 0 Å². The van der Waals surface area contributed by atoms with Gasteiger partial charge in [0.05, 0.1) is 31.1 Å². The Morgan fingerprint density at radius 3 is 2.92 bits per heavy atom. The number of rotatable bonds is 6. The highest BCUT2D eigenvalue weighted by molar-refractivity contribution is 5.76. The lowest BCUT2D eigenvalue weighted by Gasteiger charge is -2.30. The summed E-state index contributed by atoms with van der Waals surface area (Å²) in [4.78, 5) is 21.9. The normalized spacial score (nSPS) is 19.9. The fraction of sp³-hybridized carbons (Fsp3) is 0.765. The molecule has 0 spiro atoms. The highest BCUT2D eigenvalue weighted by Gasteiger charge is 2.24. The molecule has 8 nitrogen and oxygen atoms in total. The SMILES string of the molecule is CN(C)C[C@@H](O)c1cc2n(n1)CCN(C(=O)CCN1CCCCO1)C2. The van der Waals surface area contributed by atoms with Crippen molar-refractivity contribution in [3.8, 4) is 0 Å². The summed E-state index contributed by atoms with van der Waals surface area (Å²) in [6.07, 6.45) is 2.11. The van der Waals surface area contributed by atoms with Gasteiger partial charge in [0.25, 0.3) is 0 Å². The van der Waals surface area contributed by atoms with Crippen LogP contribution < -0.4 is 0 Å². The average molecular weight is 351 g/mol. The lowest BCUT2D eigenvalue weighted by Crippen LogP contribution is -2.40. The predicted octanol–water partition coefficient (Wildman–Crippen LogP) is 0.238. The van der Waals surface area contributed by atoms with Crippen molar-refractivity contribution in [3.05, 3.63) is 17.5 Å². The molecule has 3 rings (SSSR count). The van der Waals surface area contributed by atoms with E-state index < -0.39 is 6.10 Å². The minimum Gasteiger partial charge on any atom is -0.385 e. The van der Waals surface area contributed by atoms with E-state index in [2.05, 4.69) is 5.10 Å². The molecule has 140 valence electrons. The van der Waals surface area contributed by atoms with Crippen molar-refractivity contribution < 1.29 is 14.7 Å². The van der Waals surface area contributed by atoms with Crippen LogP contribution in [0.5, 0.6) is 0 Å². The van der Waals surface area contributed by atoms with Crippen LogP contribution in [0.15, 0.2) is 6.07 Å². The Bertz CT molecular complexity index is 583. The van der Waals surface area contributed by atoms with Gasteiger partial charge in [0.2, 0.25) is 5.91 Å². The molecule has 25 heavy (non-hydrogen) atoms. The molecule has 0 radical (unpaired) electrons. The first kappa shape index (κ1) is 18.3. The summed E-state index contributed by atoms with van der Waals surface area (Å²) >= 11 is 0. The van der Waals surface area contributed by atoms with Crippen LogP contribution in [0.25, 0.3) is 0 Å². The van der Waals surface area contributed by atoms with Gasteiger partial charge in [-0.1, -0.05) is 0 Å². The quantitative estimate of drug-likeness (QED) is 0.791. The zero-order valence-electron chi connectivity index (χ0n) is 15.2. The molecule has 0 aromatic carbocycles. The van der Waals surface area contributed by atoms with Gasteiger partial charge in [-0.15, -0.1) is 0 Å².